The van der Waals surface area contributed by atoms with Gasteiger partial charge in [0.1, 0.15) is 6.54 Å². The van der Waals surface area contributed by atoms with Crippen LogP contribution in [0.3, 0.4) is 0 Å². The number of amides is 3. The molecule has 0 spiro atoms. The van der Waals surface area contributed by atoms with E-state index in [1.807, 2.05) is 32.9 Å². The van der Waals surface area contributed by atoms with Crippen LogP contribution in [0.4, 0.5) is 10.5 Å². The van der Waals surface area contributed by atoms with Crippen molar-refractivity contribution in [2.24, 2.45) is 0 Å². The highest BCUT2D eigenvalue weighted by Gasteiger charge is 2.36. The van der Waals surface area contributed by atoms with Gasteiger partial charge in [0.2, 0.25) is 5.91 Å². The summed E-state index contributed by atoms with van der Waals surface area (Å²) in [5.41, 5.74) is 2.37. The molecule has 0 unspecified atom stereocenters. The highest BCUT2D eigenvalue weighted by Crippen LogP contribution is 2.34. The number of hydrogen-bond acceptors (Lipinski definition) is 6. The molecule has 3 rings (SSSR count). The lowest BCUT2D eigenvalue weighted by atomic mass is 10.2. The fourth-order valence-electron chi connectivity index (χ4n) is 2.93. The Morgan fingerprint density at radius 2 is 1.71 bits per heavy atom. The van der Waals surface area contributed by atoms with Crippen molar-refractivity contribution in [2.75, 3.05) is 25.1 Å². The van der Waals surface area contributed by atoms with E-state index in [4.69, 9.17) is 9.47 Å². The Morgan fingerprint density at radius 1 is 1.03 bits per heavy atom. The number of carbonyl (C=O) groups excluding carboxylic acids is 3. The van der Waals surface area contributed by atoms with Crippen molar-refractivity contribution in [1.29, 1.82) is 0 Å². The Hall–Kier alpha value is -3.26. The minimum Gasteiger partial charge on any atom is -0.490 e. The lowest BCUT2D eigenvalue weighted by molar-refractivity contribution is -0.127. The number of ether oxygens (including phenoxy) is 2. The Bertz CT molecular complexity index is 1020. The molecule has 1 aliphatic heterocycles. The average molecular weight is 441 g/mol. The third-order valence-corrected chi connectivity index (χ3v) is 5.28. The van der Waals surface area contributed by atoms with Gasteiger partial charge in [-0.25, -0.2) is 0 Å². The van der Waals surface area contributed by atoms with Crippen molar-refractivity contribution >= 4 is 40.6 Å². The van der Waals surface area contributed by atoms with Crippen LogP contribution in [0.15, 0.2) is 47.4 Å². The number of carbonyl (C=O) groups is 3. The summed E-state index contributed by atoms with van der Waals surface area (Å²) >= 11 is 0.807. The molecule has 1 heterocycles. The monoisotopic (exact) mass is 440 g/mol. The molecule has 1 fully saturated rings. The topological polar surface area (TPSA) is 84.9 Å². The van der Waals surface area contributed by atoms with Crippen LogP contribution in [0.2, 0.25) is 0 Å². The normalized spacial score (nSPS) is 14.8. The molecule has 1 N–H and O–H groups in total. The highest BCUT2D eigenvalue weighted by atomic mass is 32.2. The third kappa shape index (κ3) is 5.67. The molecule has 1 aliphatic rings. The van der Waals surface area contributed by atoms with Gasteiger partial charge in [-0.15, -0.1) is 0 Å². The van der Waals surface area contributed by atoms with Gasteiger partial charge >= 0.3 is 0 Å². The van der Waals surface area contributed by atoms with E-state index >= 15 is 0 Å². The van der Waals surface area contributed by atoms with Crippen LogP contribution in [0.25, 0.3) is 6.08 Å². The van der Waals surface area contributed by atoms with Crippen molar-refractivity contribution < 1.29 is 23.9 Å². The summed E-state index contributed by atoms with van der Waals surface area (Å²) in [7, 11) is 0. The van der Waals surface area contributed by atoms with Crippen LogP contribution >= 0.6 is 11.8 Å². The maximum Gasteiger partial charge on any atom is 0.294 e. The van der Waals surface area contributed by atoms with Crippen molar-refractivity contribution in [3.8, 4) is 11.5 Å². The molecular weight excluding hydrogens is 416 g/mol. The molecule has 0 aliphatic carbocycles. The molecule has 0 atom stereocenters. The lowest BCUT2D eigenvalue weighted by Crippen LogP contribution is -2.36. The maximum absolute atomic E-state index is 12.7. The van der Waals surface area contributed by atoms with Crippen molar-refractivity contribution in [2.45, 2.75) is 20.8 Å². The highest BCUT2D eigenvalue weighted by molar-refractivity contribution is 8.18. The number of hydrogen-bond donors (Lipinski definition) is 1. The molecule has 162 valence electrons. The van der Waals surface area contributed by atoms with Gasteiger partial charge in [0.05, 0.1) is 18.1 Å². The first-order valence-electron chi connectivity index (χ1n) is 9.92. The van der Waals surface area contributed by atoms with Gasteiger partial charge in [0.15, 0.2) is 11.5 Å². The van der Waals surface area contributed by atoms with Gasteiger partial charge in [-0.2, -0.15) is 0 Å². The third-order valence-electron chi connectivity index (χ3n) is 4.38. The van der Waals surface area contributed by atoms with Gasteiger partial charge in [0, 0.05) is 5.69 Å². The Labute approximate surface area is 185 Å². The summed E-state index contributed by atoms with van der Waals surface area (Å²) in [5.74, 6) is 0.241. The van der Waals surface area contributed by atoms with Gasteiger partial charge < -0.3 is 14.8 Å². The Balaban J connectivity index is 1.71. The summed E-state index contributed by atoms with van der Waals surface area (Å²) in [6.45, 7) is 6.33. The van der Waals surface area contributed by atoms with E-state index in [2.05, 4.69) is 5.32 Å². The van der Waals surface area contributed by atoms with Crippen molar-refractivity contribution in [1.82, 2.24) is 4.90 Å². The number of aryl methyl sites for hydroxylation is 1. The predicted octanol–water partition coefficient (Wildman–Crippen LogP) is 4.47. The van der Waals surface area contributed by atoms with Gasteiger partial charge in [-0.1, -0.05) is 23.8 Å². The SMILES string of the molecule is CCOc1ccc(/C=C2/SC(=O)N(CC(=O)Nc3ccc(C)cc3)C2=O)cc1OCC. The van der Waals surface area contributed by atoms with Gasteiger partial charge in [-0.3, -0.25) is 19.3 Å². The zero-order valence-corrected chi connectivity index (χ0v) is 18.5. The average Bonchev–Trinajstić information content (AvgIpc) is 2.99. The lowest BCUT2D eigenvalue weighted by Gasteiger charge is -2.13. The molecule has 2 aromatic carbocycles. The number of anilines is 1. The summed E-state index contributed by atoms with van der Waals surface area (Å²) in [6.07, 6.45) is 1.61. The van der Waals surface area contributed by atoms with Gasteiger partial charge in [0.25, 0.3) is 11.1 Å². The maximum atomic E-state index is 12.7. The Kier molecular flexibility index (Phi) is 7.36. The zero-order chi connectivity index (χ0) is 22.4. The number of nitrogens with zero attached hydrogens (tertiary/aromatic N) is 1. The van der Waals surface area contributed by atoms with E-state index in [9.17, 15) is 14.4 Å². The molecule has 0 saturated carbocycles. The first-order valence-corrected chi connectivity index (χ1v) is 10.7. The summed E-state index contributed by atoms with van der Waals surface area (Å²) in [4.78, 5) is 38.5. The van der Waals surface area contributed by atoms with Crippen molar-refractivity contribution in [3.63, 3.8) is 0 Å². The van der Waals surface area contributed by atoms with E-state index in [0.29, 0.717) is 36.0 Å². The van der Waals surface area contributed by atoms with Crippen LogP contribution in [0, 0.1) is 6.92 Å². The second-order valence-corrected chi connectivity index (χ2v) is 7.75. The quantitative estimate of drug-likeness (QED) is 0.610. The molecule has 0 radical (unpaired) electrons. The molecule has 0 bridgehead atoms. The van der Waals surface area contributed by atoms with Crippen LogP contribution < -0.4 is 14.8 Å². The van der Waals surface area contributed by atoms with E-state index in [-0.39, 0.29) is 11.4 Å². The Morgan fingerprint density at radius 3 is 2.39 bits per heavy atom. The smallest absolute Gasteiger partial charge is 0.294 e. The van der Waals surface area contributed by atoms with Crippen LogP contribution in [-0.2, 0) is 9.59 Å². The first kappa shape index (κ1) is 22.4. The summed E-state index contributed by atoms with van der Waals surface area (Å²) < 4.78 is 11.1. The molecule has 3 amide bonds. The van der Waals surface area contributed by atoms with Crippen LogP contribution in [0.5, 0.6) is 11.5 Å². The van der Waals surface area contributed by atoms with E-state index < -0.39 is 17.1 Å². The fourth-order valence-corrected chi connectivity index (χ4v) is 3.76. The second kappa shape index (κ2) is 10.2. The molecular formula is C23H24N2O5S. The number of thioether (sulfide) groups is 1. The number of rotatable bonds is 8. The van der Waals surface area contributed by atoms with Crippen LogP contribution in [-0.4, -0.2) is 41.7 Å². The van der Waals surface area contributed by atoms with Crippen molar-refractivity contribution in [3.05, 3.63) is 58.5 Å². The first-order chi connectivity index (χ1) is 14.9. The van der Waals surface area contributed by atoms with Crippen LogP contribution in [0.1, 0.15) is 25.0 Å². The fraction of sp³-hybridized carbons (Fsp3) is 0.261. The number of imide groups is 1. The molecule has 8 heteroatoms. The largest absolute Gasteiger partial charge is 0.490 e. The van der Waals surface area contributed by atoms with E-state index in [1.54, 1.807) is 36.4 Å². The number of nitrogens with one attached hydrogen (secondary N) is 1. The molecule has 2 aromatic rings. The summed E-state index contributed by atoms with van der Waals surface area (Å²) in [6, 6.07) is 12.6. The number of benzene rings is 2. The van der Waals surface area contributed by atoms with Gasteiger partial charge in [-0.05, 0) is 68.4 Å². The second-order valence-electron chi connectivity index (χ2n) is 6.75. The standard InChI is InChI=1S/C23H24N2O5S/c1-4-29-18-11-8-16(12-19(18)30-5-2)13-20-22(27)25(23(28)31-20)14-21(26)24-17-9-6-15(3)7-10-17/h6-13H,4-5,14H2,1-3H3,(H,24,26)/b20-13+. The molecule has 0 aromatic heterocycles. The minimum absolute atomic E-state index is 0.250. The molecule has 1 saturated heterocycles. The molecule has 31 heavy (non-hydrogen) atoms. The predicted molar refractivity (Wildman–Crippen MR) is 121 cm³/mol. The minimum atomic E-state index is -0.499. The van der Waals surface area contributed by atoms with E-state index in [1.165, 1.54) is 0 Å². The zero-order valence-electron chi connectivity index (χ0n) is 17.6. The van der Waals surface area contributed by atoms with E-state index in [0.717, 1.165) is 22.2 Å². The summed E-state index contributed by atoms with van der Waals surface area (Å²) in [5, 5.41) is 2.22. The molecule has 7 nitrogen and oxygen atoms in total.